The number of carbonyl (C=O) groups excluding carboxylic acids is 2. The van der Waals surface area contributed by atoms with Crippen molar-refractivity contribution in [2.75, 3.05) is 24.5 Å². The van der Waals surface area contributed by atoms with Gasteiger partial charge in [-0.25, -0.2) is 0 Å². The van der Waals surface area contributed by atoms with E-state index in [9.17, 15) is 14.4 Å². The van der Waals surface area contributed by atoms with Crippen molar-refractivity contribution >= 4 is 40.1 Å². The van der Waals surface area contributed by atoms with Crippen molar-refractivity contribution < 1.29 is 14.0 Å². The van der Waals surface area contributed by atoms with E-state index in [1.165, 1.54) is 22.9 Å². The highest BCUT2D eigenvalue weighted by atomic mass is 35.5. The van der Waals surface area contributed by atoms with Gasteiger partial charge in [-0.1, -0.05) is 73.5 Å². The Balaban J connectivity index is 1.19. The van der Waals surface area contributed by atoms with Gasteiger partial charge in [0.2, 0.25) is 5.91 Å². The Bertz CT molecular complexity index is 1820. The number of fused-ring (bicyclic) bond motifs is 1. The zero-order chi connectivity index (χ0) is 32.2. The number of likely N-dealkylation sites (tertiary alicyclic amines) is 1. The first kappa shape index (κ1) is 31.6. The van der Waals surface area contributed by atoms with Crippen LogP contribution in [0.2, 0.25) is 5.02 Å². The van der Waals surface area contributed by atoms with Gasteiger partial charge >= 0.3 is 0 Å². The summed E-state index contributed by atoms with van der Waals surface area (Å²) in [4.78, 5) is 43.2. The van der Waals surface area contributed by atoms with Gasteiger partial charge in [0, 0.05) is 49.4 Å². The molecule has 2 aliphatic rings. The molecule has 238 valence electrons. The van der Waals surface area contributed by atoms with E-state index < -0.39 is 5.91 Å². The standard InChI is InChI=1S/C38H40ClN3O4/c1-25(2)28-11-14-35-32(22-28)34(43)23-36(46-35)38(45)40-31(20-26-9-12-30(39)13-10-26)21-27-15-18-41(19-16-27)33-7-4-3-6-29(33)24-42-17-5-8-37(42)44/h3-4,6-7,9-14,21-23,25,31H,5,8,15-20,24H2,1-2H3,(H,40,45)/t31-/m0/s1. The lowest BCUT2D eigenvalue weighted by molar-refractivity contribution is -0.128. The molecule has 7 nitrogen and oxygen atoms in total. The van der Waals surface area contributed by atoms with Crippen molar-refractivity contribution in [3.63, 3.8) is 0 Å². The predicted octanol–water partition coefficient (Wildman–Crippen LogP) is 7.26. The average molecular weight is 638 g/mol. The molecule has 8 heteroatoms. The molecule has 0 aliphatic carbocycles. The third-order valence-corrected chi connectivity index (χ3v) is 9.29. The van der Waals surface area contributed by atoms with E-state index in [0.29, 0.717) is 35.4 Å². The first-order valence-electron chi connectivity index (χ1n) is 16.2. The van der Waals surface area contributed by atoms with Crippen LogP contribution in [0, 0.1) is 0 Å². The fourth-order valence-corrected chi connectivity index (χ4v) is 6.55. The minimum Gasteiger partial charge on any atom is -0.451 e. The van der Waals surface area contributed by atoms with Gasteiger partial charge in [0.25, 0.3) is 5.91 Å². The monoisotopic (exact) mass is 637 g/mol. The molecular formula is C38H40ClN3O4. The molecule has 2 aliphatic heterocycles. The van der Waals surface area contributed by atoms with Crippen molar-refractivity contribution in [3.05, 3.63) is 122 Å². The van der Waals surface area contributed by atoms with Gasteiger partial charge in [0.15, 0.2) is 11.2 Å². The molecule has 0 saturated carbocycles. The van der Waals surface area contributed by atoms with Gasteiger partial charge in [-0.05, 0) is 78.6 Å². The fourth-order valence-electron chi connectivity index (χ4n) is 6.43. The Morgan fingerprint density at radius 1 is 0.957 bits per heavy atom. The summed E-state index contributed by atoms with van der Waals surface area (Å²) in [5.41, 5.74) is 5.87. The van der Waals surface area contributed by atoms with Gasteiger partial charge in [-0.3, -0.25) is 14.4 Å². The minimum absolute atomic E-state index is 0.00258. The first-order chi connectivity index (χ1) is 22.2. The molecule has 0 bridgehead atoms. The van der Waals surface area contributed by atoms with Gasteiger partial charge in [0.05, 0.1) is 11.4 Å². The maximum atomic E-state index is 13.5. The largest absolute Gasteiger partial charge is 0.451 e. The SMILES string of the molecule is CC(C)c1ccc2oc(C(=O)N[C@H](C=C3CCN(c4ccccc4CN4CCCC4=O)CC3)Cc3ccc(Cl)cc3)cc(=O)c2c1. The molecule has 2 fully saturated rings. The van der Waals surface area contributed by atoms with E-state index >= 15 is 0 Å². The number of amides is 2. The molecule has 6 rings (SSSR count). The first-order valence-corrected chi connectivity index (χ1v) is 16.5. The number of benzene rings is 3. The lowest BCUT2D eigenvalue weighted by Crippen LogP contribution is -2.37. The van der Waals surface area contributed by atoms with E-state index in [2.05, 4.69) is 48.3 Å². The van der Waals surface area contributed by atoms with E-state index in [4.69, 9.17) is 16.0 Å². The van der Waals surface area contributed by atoms with Gasteiger partial charge in [-0.15, -0.1) is 0 Å². The van der Waals surface area contributed by atoms with Crippen LogP contribution in [0.5, 0.6) is 0 Å². The number of para-hydroxylation sites is 1. The molecule has 2 saturated heterocycles. The summed E-state index contributed by atoms with van der Waals surface area (Å²) in [6.07, 6.45) is 6.00. The molecule has 1 aromatic heterocycles. The quantitative estimate of drug-likeness (QED) is 0.195. The lowest BCUT2D eigenvalue weighted by Gasteiger charge is -2.33. The second-order valence-corrected chi connectivity index (χ2v) is 13.1. The lowest BCUT2D eigenvalue weighted by atomic mass is 9.97. The van der Waals surface area contributed by atoms with Crippen molar-refractivity contribution in [1.29, 1.82) is 0 Å². The summed E-state index contributed by atoms with van der Waals surface area (Å²) < 4.78 is 5.94. The highest BCUT2D eigenvalue weighted by Crippen LogP contribution is 2.29. The maximum Gasteiger partial charge on any atom is 0.287 e. The molecule has 2 amide bonds. The maximum absolute atomic E-state index is 13.5. The van der Waals surface area contributed by atoms with E-state index in [-0.39, 0.29) is 29.1 Å². The topological polar surface area (TPSA) is 82.9 Å². The second kappa shape index (κ2) is 14.0. The number of rotatable bonds is 9. The number of hydrogen-bond donors (Lipinski definition) is 1. The average Bonchev–Trinajstić information content (AvgIpc) is 3.46. The molecule has 1 atom stereocenters. The van der Waals surface area contributed by atoms with Crippen molar-refractivity contribution in [2.45, 2.75) is 64.5 Å². The Morgan fingerprint density at radius 3 is 2.43 bits per heavy atom. The molecular weight excluding hydrogens is 598 g/mol. The van der Waals surface area contributed by atoms with Crippen LogP contribution >= 0.6 is 11.6 Å². The van der Waals surface area contributed by atoms with Crippen LogP contribution < -0.4 is 15.6 Å². The third-order valence-electron chi connectivity index (χ3n) is 9.03. The summed E-state index contributed by atoms with van der Waals surface area (Å²) >= 11 is 6.14. The predicted molar refractivity (Wildman–Crippen MR) is 184 cm³/mol. The smallest absolute Gasteiger partial charge is 0.287 e. The van der Waals surface area contributed by atoms with E-state index in [1.807, 2.05) is 47.4 Å². The van der Waals surface area contributed by atoms with Crippen LogP contribution in [0.25, 0.3) is 11.0 Å². The number of halogens is 1. The fraction of sp³-hybridized carbons (Fsp3) is 0.342. The molecule has 0 unspecified atom stereocenters. The summed E-state index contributed by atoms with van der Waals surface area (Å²) in [5.74, 6) is 0.0779. The van der Waals surface area contributed by atoms with Crippen molar-refractivity contribution in [3.8, 4) is 0 Å². The van der Waals surface area contributed by atoms with Gasteiger partial charge < -0.3 is 19.5 Å². The van der Waals surface area contributed by atoms with Crippen LogP contribution in [-0.2, 0) is 17.8 Å². The number of hydrogen-bond acceptors (Lipinski definition) is 5. The number of anilines is 1. The Morgan fingerprint density at radius 2 is 1.72 bits per heavy atom. The zero-order valence-corrected chi connectivity index (χ0v) is 27.2. The van der Waals surface area contributed by atoms with Crippen molar-refractivity contribution in [1.82, 2.24) is 10.2 Å². The Kier molecular flexibility index (Phi) is 9.59. The minimum atomic E-state index is -0.425. The Hall–Kier alpha value is -4.36. The number of piperidine rings is 1. The van der Waals surface area contributed by atoms with Gasteiger partial charge in [0.1, 0.15) is 5.58 Å². The normalized spacial score (nSPS) is 15.9. The van der Waals surface area contributed by atoms with Crippen LogP contribution in [0.1, 0.15) is 72.7 Å². The molecule has 0 spiro atoms. The number of carbonyl (C=O) groups is 2. The zero-order valence-electron chi connectivity index (χ0n) is 26.4. The molecule has 4 aromatic rings. The summed E-state index contributed by atoms with van der Waals surface area (Å²) in [5, 5.41) is 4.26. The third kappa shape index (κ3) is 7.37. The molecule has 1 N–H and O–H groups in total. The highest BCUT2D eigenvalue weighted by molar-refractivity contribution is 6.30. The van der Waals surface area contributed by atoms with Crippen LogP contribution in [0.3, 0.4) is 0 Å². The van der Waals surface area contributed by atoms with Crippen molar-refractivity contribution in [2.24, 2.45) is 0 Å². The molecule has 0 radical (unpaired) electrons. The van der Waals surface area contributed by atoms with Crippen LogP contribution in [0.15, 0.2) is 93.7 Å². The summed E-state index contributed by atoms with van der Waals surface area (Å²) in [6.45, 7) is 7.30. The summed E-state index contributed by atoms with van der Waals surface area (Å²) in [6, 6.07) is 22.5. The number of nitrogens with one attached hydrogen (secondary N) is 1. The summed E-state index contributed by atoms with van der Waals surface area (Å²) in [7, 11) is 0. The second-order valence-electron chi connectivity index (χ2n) is 12.7. The van der Waals surface area contributed by atoms with E-state index in [0.717, 1.165) is 50.0 Å². The van der Waals surface area contributed by atoms with Crippen LogP contribution in [0.4, 0.5) is 5.69 Å². The van der Waals surface area contributed by atoms with Crippen LogP contribution in [-0.4, -0.2) is 42.4 Å². The van der Waals surface area contributed by atoms with Gasteiger partial charge in [-0.2, -0.15) is 0 Å². The molecule has 3 aromatic carbocycles. The molecule has 46 heavy (non-hydrogen) atoms. The molecule has 3 heterocycles. The Labute approximate surface area is 274 Å². The number of nitrogens with zero attached hydrogens (tertiary/aromatic N) is 2. The van der Waals surface area contributed by atoms with E-state index in [1.54, 1.807) is 6.07 Å². The highest BCUT2D eigenvalue weighted by Gasteiger charge is 2.24.